The molecule has 1 aromatic carbocycles. The normalized spacial score (nSPS) is 10.7. The molecule has 0 spiro atoms. The van der Waals surface area contributed by atoms with Gasteiger partial charge in [-0.2, -0.15) is 0 Å². The molecule has 0 radical (unpaired) electrons. The number of fused-ring (bicyclic) bond motifs is 1. The molecule has 0 saturated carbocycles. The Kier molecular flexibility index (Phi) is 2.78. The Morgan fingerprint density at radius 2 is 2.27 bits per heavy atom. The molecule has 4 heteroatoms. The van der Waals surface area contributed by atoms with Crippen LogP contribution in [0.5, 0.6) is 0 Å². The van der Waals surface area contributed by atoms with Crippen molar-refractivity contribution < 1.29 is 4.79 Å². The summed E-state index contributed by atoms with van der Waals surface area (Å²) in [5, 5.41) is 3.04. The highest BCUT2D eigenvalue weighted by Gasteiger charge is 2.08. The molecule has 15 heavy (non-hydrogen) atoms. The number of hydrogen-bond acceptors (Lipinski definition) is 3. The Hall–Kier alpha value is -1.68. The van der Waals surface area contributed by atoms with E-state index in [-0.39, 0.29) is 0 Å². The van der Waals surface area contributed by atoms with Gasteiger partial charge in [0, 0.05) is 0 Å². The van der Waals surface area contributed by atoms with Crippen molar-refractivity contribution in [3.63, 3.8) is 0 Å². The zero-order valence-corrected chi connectivity index (χ0v) is 8.60. The van der Waals surface area contributed by atoms with Crippen molar-refractivity contribution in [2.24, 2.45) is 0 Å². The van der Waals surface area contributed by atoms with Crippen LogP contribution in [0.2, 0.25) is 0 Å². The van der Waals surface area contributed by atoms with Crippen molar-refractivity contribution in [1.29, 1.82) is 0 Å². The summed E-state index contributed by atoms with van der Waals surface area (Å²) in [6, 6.07) is 7.83. The van der Waals surface area contributed by atoms with E-state index in [1.807, 2.05) is 35.9 Å². The zero-order valence-electron chi connectivity index (χ0n) is 8.60. The molecule has 0 saturated heterocycles. The Morgan fingerprint density at radius 1 is 1.47 bits per heavy atom. The average Bonchev–Trinajstić information content (AvgIpc) is 2.59. The van der Waals surface area contributed by atoms with Gasteiger partial charge in [0.25, 0.3) is 0 Å². The lowest BCUT2D eigenvalue weighted by atomic mass is 10.3. The third-order valence-corrected chi connectivity index (χ3v) is 2.33. The van der Waals surface area contributed by atoms with Crippen LogP contribution in [-0.2, 0) is 17.9 Å². The number of imidazole rings is 1. The molecule has 0 unspecified atom stereocenters. The van der Waals surface area contributed by atoms with Gasteiger partial charge < -0.3 is 14.7 Å². The maximum absolute atomic E-state index is 10.6. The number of para-hydroxylation sites is 2. The van der Waals surface area contributed by atoms with Crippen LogP contribution >= 0.6 is 0 Å². The summed E-state index contributed by atoms with van der Waals surface area (Å²) in [5.74, 6) is 0.894. The number of nitrogens with one attached hydrogen (secondary N) is 1. The Balaban J connectivity index is 2.57. The molecule has 0 bridgehead atoms. The lowest BCUT2D eigenvalue weighted by molar-refractivity contribution is -0.108. The predicted molar refractivity (Wildman–Crippen MR) is 58.6 cm³/mol. The highest BCUT2D eigenvalue weighted by molar-refractivity contribution is 5.76. The number of carbonyl (C=O) groups is 1. The molecular formula is C11H13N3O. The second kappa shape index (κ2) is 4.23. The molecule has 4 nitrogen and oxygen atoms in total. The van der Waals surface area contributed by atoms with Crippen LogP contribution in [0.4, 0.5) is 0 Å². The molecular weight excluding hydrogens is 190 g/mol. The van der Waals surface area contributed by atoms with Gasteiger partial charge in [-0.15, -0.1) is 0 Å². The van der Waals surface area contributed by atoms with Gasteiger partial charge in [0.1, 0.15) is 12.1 Å². The first kappa shape index (κ1) is 9.86. The Morgan fingerprint density at radius 3 is 3.00 bits per heavy atom. The zero-order chi connectivity index (χ0) is 10.7. The van der Waals surface area contributed by atoms with Crippen LogP contribution in [-0.4, -0.2) is 22.9 Å². The molecule has 0 aliphatic carbocycles. The summed E-state index contributed by atoms with van der Waals surface area (Å²) in [6.45, 7) is 1.03. The minimum atomic E-state index is 0.359. The van der Waals surface area contributed by atoms with Gasteiger partial charge in [-0.1, -0.05) is 12.1 Å². The molecule has 0 aliphatic rings. The van der Waals surface area contributed by atoms with Gasteiger partial charge in [0.05, 0.1) is 24.1 Å². The first-order valence-corrected chi connectivity index (χ1v) is 4.89. The van der Waals surface area contributed by atoms with Gasteiger partial charge >= 0.3 is 0 Å². The van der Waals surface area contributed by atoms with E-state index in [0.29, 0.717) is 13.1 Å². The highest BCUT2D eigenvalue weighted by Crippen LogP contribution is 2.15. The Labute approximate surface area is 87.9 Å². The van der Waals surface area contributed by atoms with Crippen LogP contribution < -0.4 is 5.32 Å². The molecule has 0 fully saturated rings. The molecule has 2 aromatic rings. The smallest absolute Gasteiger partial charge is 0.139 e. The maximum Gasteiger partial charge on any atom is 0.139 e. The maximum atomic E-state index is 10.6. The molecule has 1 N–H and O–H groups in total. The van der Waals surface area contributed by atoms with Crippen LogP contribution in [0, 0.1) is 0 Å². The first-order chi connectivity index (χ1) is 7.36. The van der Waals surface area contributed by atoms with E-state index in [1.165, 1.54) is 0 Å². The molecule has 78 valence electrons. The minimum Gasteiger partial charge on any atom is -0.320 e. The lowest BCUT2D eigenvalue weighted by Gasteiger charge is -2.03. The van der Waals surface area contributed by atoms with Crippen LogP contribution in [0.1, 0.15) is 5.82 Å². The summed E-state index contributed by atoms with van der Waals surface area (Å²) in [4.78, 5) is 15.1. The fourth-order valence-corrected chi connectivity index (χ4v) is 1.70. The number of aromatic nitrogens is 2. The van der Waals surface area contributed by atoms with Gasteiger partial charge in [0.2, 0.25) is 0 Å². The third-order valence-electron chi connectivity index (χ3n) is 2.33. The van der Waals surface area contributed by atoms with Crippen molar-refractivity contribution in [3.05, 3.63) is 30.1 Å². The van der Waals surface area contributed by atoms with Crippen molar-refractivity contribution >= 4 is 17.3 Å². The largest absolute Gasteiger partial charge is 0.320 e. The van der Waals surface area contributed by atoms with E-state index >= 15 is 0 Å². The number of nitrogens with zero attached hydrogens (tertiary/aromatic N) is 2. The fraction of sp³-hybridized carbons (Fsp3) is 0.273. The molecule has 2 rings (SSSR count). The molecule has 0 amide bonds. The standard InChI is InChI=1S/C11H13N3O/c1-12-8-11-13-9-4-2-3-5-10(9)14(11)6-7-15/h2-5,7,12H,6,8H2,1H3. The predicted octanol–water partition coefficient (Wildman–Crippen LogP) is 0.955. The minimum absolute atomic E-state index is 0.359. The second-order valence-corrected chi connectivity index (χ2v) is 3.32. The summed E-state index contributed by atoms with van der Waals surface area (Å²) >= 11 is 0. The number of aldehydes is 1. The SMILES string of the molecule is CNCc1nc2ccccc2n1CC=O. The first-order valence-electron chi connectivity index (χ1n) is 4.89. The van der Waals surface area contributed by atoms with E-state index in [2.05, 4.69) is 10.3 Å². The van der Waals surface area contributed by atoms with Gasteiger partial charge in [0.15, 0.2) is 0 Å². The van der Waals surface area contributed by atoms with E-state index in [4.69, 9.17) is 0 Å². The summed E-state index contributed by atoms with van der Waals surface area (Å²) in [7, 11) is 1.87. The molecule has 1 aromatic heterocycles. The van der Waals surface area contributed by atoms with Crippen molar-refractivity contribution in [3.8, 4) is 0 Å². The number of hydrogen-bond donors (Lipinski definition) is 1. The van der Waals surface area contributed by atoms with Crippen LogP contribution in [0.15, 0.2) is 24.3 Å². The van der Waals surface area contributed by atoms with E-state index < -0.39 is 0 Å². The Bertz CT molecular complexity index is 476. The van der Waals surface area contributed by atoms with Crippen LogP contribution in [0.3, 0.4) is 0 Å². The summed E-state index contributed by atoms with van der Waals surface area (Å²) < 4.78 is 1.93. The number of rotatable bonds is 4. The van der Waals surface area contributed by atoms with Gasteiger partial charge in [-0.25, -0.2) is 4.98 Å². The highest BCUT2D eigenvalue weighted by atomic mass is 16.1. The van der Waals surface area contributed by atoms with Crippen LogP contribution in [0.25, 0.3) is 11.0 Å². The van der Waals surface area contributed by atoms with Gasteiger partial charge in [-0.05, 0) is 19.2 Å². The van der Waals surface area contributed by atoms with Gasteiger partial charge in [-0.3, -0.25) is 0 Å². The van der Waals surface area contributed by atoms with Crippen molar-refractivity contribution in [2.75, 3.05) is 7.05 Å². The third kappa shape index (κ3) is 1.76. The van der Waals surface area contributed by atoms with Crippen molar-refractivity contribution in [2.45, 2.75) is 13.1 Å². The topological polar surface area (TPSA) is 46.9 Å². The number of carbonyl (C=O) groups excluding carboxylic acids is 1. The quantitative estimate of drug-likeness (QED) is 0.753. The molecule has 1 heterocycles. The molecule has 0 aliphatic heterocycles. The number of benzene rings is 1. The van der Waals surface area contributed by atoms with E-state index in [9.17, 15) is 4.79 Å². The molecule has 0 atom stereocenters. The van der Waals surface area contributed by atoms with Crippen molar-refractivity contribution in [1.82, 2.24) is 14.9 Å². The van der Waals surface area contributed by atoms with E-state index in [1.54, 1.807) is 0 Å². The average molecular weight is 203 g/mol. The lowest BCUT2D eigenvalue weighted by Crippen LogP contribution is -2.12. The van der Waals surface area contributed by atoms with E-state index in [0.717, 1.165) is 23.1 Å². The summed E-state index contributed by atoms with van der Waals surface area (Å²) in [6.07, 6.45) is 0.896. The fourth-order valence-electron chi connectivity index (χ4n) is 1.70. The second-order valence-electron chi connectivity index (χ2n) is 3.32. The summed E-state index contributed by atoms with van der Waals surface area (Å²) in [5.41, 5.74) is 1.94. The monoisotopic (exact) mass is 203 g/mol.